The van der Waals surface area contributed by atoms with Gasteiger partial charge in [-0.3, -0.25) is 4.90 Å². The number of ether oxygens (including phenoxy) is 1. The van der Waals surface area contributed by atoms with Gasteiger partial charge in [0.15, 0.2) is 5.75 Å². The van der Waals surface area contributed by atoms with E-state index in [1.165, 1.54) is 29.5 Å². The van der Waals surface area contributed by atoms with Gasteiger partial charge in [0.05, 0.1) is 18.0 Å². The summed E-state index contributed by atoms with van der Waals surface area (Å²) in [6.45, 7) is 3.02. The van der Waals surface area contributed by atoms with Crippen LogP contribution in [0.1, 0.15) is 18.4 Å². The molecule has 2 aliphatic rings. The second kappa shape index (κ2) is 8.79. The Labute approximate surface area is 196 Å². The predicted molar refractivity (Wildman–Crippen MR) is 121 cm³/mol. The van der Waals surface area contributed by atoms with E-state index in [2.05, 4.69) is 15.3 Å². The molecule has 0 bridgehead atoms. The molecule has 1 aliphatic heterocycles. The van der Waals surface area contributed by atoms with Crippen LogP contribution in [0.4, 0.5) is 4.39 Å². The molecule has 0 radical (unpaired) electrons. The Morgan fingerprint density at radius 1 is 1.21 bits per heavy atom. The van der Waals surface area contributed by atoms with E-state index in [-0.39, 0.29) is 5.88 Å². The van der Waals surface area contributed by atoms with E-state index < -0.39 is 15.8 Å². The highest BCUT2D eigenvalue weighted by molar-refractivity contribution is 7.88. The number of piperazine rings is 1. The molecule has 1 saturated carbocycles. The van der Waals surface area contributed by atoms with Gasteiger partial charge in [-0.05, 0) is 37.0 Å². The summed E-state index contributed by atoms with van der Waals surface area (Å²) in [5.41, 5.74) is 1.95. The maximum Gasteiger partial charge on any atom is 0.223 e. The van der Waals surface area contributed by atoms with Gasteiger partial charge >= 0.3 is 0 Å². The summed E-state index contributed by atoms with van der Waals surface area (Å²) in [6.07, 6.45) is 4.71. The predicted octanol–water partition coefficient (Wildman–Crippen LogP) is 2.90. The number of hydrogen-bond donors (Lipinski definition) is 0. The maximum atomic E-state index is 14.0. The van der Waals surface area contributed by atoms with Gasteiger partial charge < -0.3 is 4.74 Å². The van der Waals surface area contributed by atoms with E-state index in [0.717, 1.165) is 18.3 Å². The lowest BCUT2D eigenvalue weighted by Gasteiger charge is -2.33. The number of fused-ring (bicyclic) bond motifs is 1. The van der Waals surface area contributed by atoms with Crippen LogP contribution in [0, 0.1) is 11.7 Å². The molecule has 176 valence electrons. The van der Waals surface area contributed by atoms with Crippen molar-refractivity contribution in [3.05, 3.63) is 40.8 Å². The molecule has 1 aromatic carbocycles. The smallest absolute Gasteiger partial charge is 0.223 e. The molecule has 33 heavy (non-hydrogen) atoms. The monoisotopic (exact) mass is 494 g/mol. The topological polar surface area (TPSA) is 93.5 Å². The van der Waals surface area contributed by atoms with Crippen molar-refractivity contribution < 1.29 is 17.5 Å². The molecule has 2 fully saturated rings. The number of halogens is 2. The van der Waals surface area contributed by atoms with Crippen molar-refractivity contribution >= 4 is 32.7 Å². The van der Waals surface area contributed by atoms with Crippen molar-refractivity contribution in [3.63, 3.8) is 0 Å². The molecule has 0 unspecified atom stereocenters. The third-order valence-electron chi connectivity index (χ3n) is 6.01. The summed E-state index contributed by atoms with van der Waals surface area (Å²) in [5, 5.41) is 8.77. The first-order valence-corrected chi connectivity index (χ1v) is 13.0. The second-order valence-corrected chi connectivity index (χ2v) is 11.0. The summed E-state index contributed by atoms with van der Waals surface area (Å²) in [4.78, 5) is 6.18. The standard InChI is InChI=1S/C21H24ClFN6O3S/c1-33(30,31)28-8-6-27(7-9-28)13-15-10-16(23)11-24-21(15)32-18-5-4-17-20(19(18)22)25-26-29(17)12-14-2-3-14/h4-5,10-11,14H,2-3,6-9,12-13H2,1H3. The SMILES string of the molecule is CS(=O)(=O)N1CCN(Cc2cc(F)cnc2Oc2ccc3c(nnn3CC3CC3)c2Cl)CC1. The molecule has 3 heterocycles. The van der Waals surface area contributed by atoms with Gasteiger partial charge in [-0.15, -0.1) is 5.10 Å². The molecule has 9 nitrogen and oxygen atoms in total. The van der Waals surface area contributed by atoms with Gasteiger partial charge in [-0.1, -0.05) is 16.8 Å². The van der Waals surface area contributed by atoms with Gasteiger partial charge in [-0.2, -0.15) is 4.31 Å². The van der Waals surface area contributed by atoms with E-state index in [0.29, 0.717) is 60.5 Å². The number of pyridine rings is 1. The fraction of sp³-hybridized carbons (Fsp3) is 0.476. The fourth-order valence-corrected chi connectivity index (χ4v) is 5.05. The summed E-state index contributed by atoms with van der Waals surface area (Å²) >= 11 is 6.58. The van der Waals surface area contributed by atoms with Crippen LogP contribution in [0.2, 0.25) is 5.02 Å². The van der Waals surface area contributed by atoms with E-state index in [1.807, 2.05) is 15.6 Å². The minimum absolute atomic E-state index is 0.244. The van der Waals surface area contributed by atoms with Crippen LogP contribution < -0.4 is 4.74 Å². The highest BCUT2D eigenvalue weighted by Gasteiger charge is 2.26. The average Bonchev–Trinajstić information content (AvgIpc) is 3.49. The number of aromatic nitrogens is 4. The number of sulfonamides is 1. The molecule has 3 aromatic rings. The molecule has 2 aromatic heterocycles. The molecule has 0 atom stereocenters. The van der Waals surface area contributed by atoms with Crippen molar-refractivity contribution in [2.24, 2.45) is 5.92 Å². The number of rotatable bonds is 7. The zero-order valence-corrected chi connectivity index (χ0v) is 19.7. The van der Waals surface area contributed by atoms with Crippen LogP contribution in [-0.2, 0) is 23.1 Å². The molecule has 1 aliphatic carbocycles. The summed E-state index contributed by atoms with van der Waals surface area (Å²) in [5.74, 6) is 0.782. The highest BCUT2D eigenvalue weighted by Crippen LogP contribution is 2.37. The minimum atomic E-state index is -3.22. The Morgan fingerprint density at radius 3 is 2.67 bits per heavy atom. The first kappa shape index (κ1) is 22.5. The molecule has 0 N–H and O–H groups in total. The summed E-state index contributed by atoms with van der Waals surface area (Å²) in [6, 6.07) is 4.99. The van der Waals surface area contributed by atoms with E-state index >= 15 is 0 Å². The summed E-state index contributed by atoms with van der Waals surface area (Å²) < 4.78 is 46.8. The van der Waals surface area contributed by atoms with E-state index in [9.17, 15) is 12.8 Å². The quantitative estimate of drug-likeness (QED) is 0.498. The van der Waals surface area contributed by atoms with Gasteiger partial charge in [0.1, 0.15) is 16.4 Å². The first-order valence-electron chi connectivity index (χ1n) is 10.8. The third kappa shape index (κ3) is 4.96. The normalized spacial score (nSPS) is 18.2. The molecule has 0 spiro atoms. The molecular formula is C21H24ClFN6O3S. The Hall–Kier alpha value is -2.34. The van der Waals surface area contributed by atoms with Crippen LogP contribution in [0.5, 0.6) is 11.6 Å². The van der Waals surface area contributed by atoms with Crippen molar-refractivity contribution in [2.45, 2.75) is 25.9 Å². The first-order chi connectivity index (χ1) is 15.8. The van der Waals surface area contributed by atoms with Gasteiger partial charge in [-0.25, -0.2) is 22.5 Å². The minimum Gasteiger partial charge on any atom is -0.437 e. The molecule has 0 amide bonds. The lowest BCUT2D eigenvalue weighted by molar-refractivity contribution is 0.180. The van der Waals surface area contributed by atoms with Crippen LogP contribution >= 0.6 is 11.6 Å². The van der Waals surface area contributed by atoms with E-state index in [4.69, 9.17) is 16.3 Å². The Morgan fingerprint density at radius 2 is 1.97 bits per heavy atom. The van der Waals surface area contributed by atoms with Crippen molar-refractivity contribution in [3.8, 4) is 11.6 Å². The van der Waals surface area contributed by atoms with Crippen molar-refractivity contribution in [2.75, 3.05) is 32.4 Å². The summed E-state index contributed by atoms with van der Waals surface area (Å²) in [7, 11) is -3.22. The zero-order chi connectivity index (χ0) is 23.2. The second-order valence-electron chi connectivity index (χ2n) is 8.62. The molecule has 12 heteroatoms. The zero-order valence-electron chi connectivity index (χ0n) is 18.1. The van der Waals surface area contributed by atoms with Crippen LogP contribution in [0.15, 0.2) is 24.4 Å². The number of hydrogen-bond acceptors (Lipinski definition) is 7. The van der Waals surface area contributed by atoms with Crippen molar-refractivity contribution in [1.82, 2.24) is 29.2 Å². The Balaban J connectivity index is 1.35. The third-order valence-corrected chi connectivity index (χ3v) is 7.68. The Kier molecular flexibility index (Phi) is 5.98. The lowest BCUT2D eigenvalue weighted by atomic mass is 10.2. The van der Waals surface area contributed by atoms with Crippen molar-refractivity contribution in [1.29, 1.82) is 0 Å². The number of nitrogens with zero attached hydrogens (tertiary/aromatic N) is 6. The van der Waals surface area contributed by atoms with Gasteiger partial charge in [0.25, 0.3) is 0 Å². The van der Waals surface area contributed by atoms with Gasteiger partial charge in [0, 0.05) is 44.8 Å². The molecule has 1 saturated heterocycles. The lowest BCUT2D eigenvalue weighted by Crippen LogP contribution is -2.47. The van der Waals surface area contributed by atoms with Crippen LogP contribution in [0.25, 0.3) is 11.0 Å². The van der Waals surface area contributed by atoms with Crippen LogP contribution in [0.3, 0.4) is 0 Å². The Bertz CT molecular complexity index is 1290. The van der Waals surface area contributed by atoms with Gasteiger partial charge in [0.2, 0.25) is 15.9 Å². The fourth-order valence-electron chi connectivity index (χ4n) is 3.98. The maximum absolute atomic E-state index is 14.0. The molecular weight excluding hydrogens is 471 g/mol. The number of benzene rings is 1. The van der Waals surface area contributed by atoms with Crippen LogP contribution in [-0.4, -0.2) is 70.0 Å². The highest BCUT2D eigenvalue weighted by atomic mass is 35.5. The molecule has 5 rings (SSSR count). The largest absolute Gasteiger partial charge is 0.437 e. The van der Waals surface area contributed by atoms with E-state index in [1.54, 1.807) is 6.07 Å². The average molecular weight is 495 g/mol.